The van der Waals surface area contributed by atoms with E-state index in [-0.39, 0.29) is 26.5 Å². The predicted molar refractivity (Wildman–Crippen MR) is 101 cm³/mol. The van der Waals surface area contributed by atoms with Crippen LogP contribution in [0, 0.1) is 11.6 Å². The molecular formula is C17H13ClF2N2O4S2. The fourth-order valence-electron chi connectivity index (χ4n) is 2.44. The first kappa shape index (κ1) is 20.4. The SMILES string of the molecule is CCOC(=O)Cn1/c(=N/S(=O)(=O)c2ccc(Cl)cc2)sc2cc(F)cc(F)c21. The van der Waals surface area contributed by atoms with Gasteiger partial charge in [-0.05, 0) is 37.3 Å². The van der Waals surface area contributed by atoms with Crippen molar-refractivity contribution in [1.29, 1.82) is 0 Å². The quantitative estimate of drug-likeness (QED) is 0.562. The Kier molecular flexibility index (Phi) is 5.82. The second-order valence-corrected chi connectivity index (χ2v) is 8.58. The van der Waals surface area contributed by atoms with Gasteiger partial charge >= 0.3 is 5.97 Å². The maximum absolute atomic E-state index is 14.3. The maximum atomic E-state index is 14.3. The molecule has 28 heavy (non-hydrogen) atoms. The van der Waals surface area contributed by atoms with Gasteiger partial charge in [-0.25, -0.2) is 8.78 Å². The average Bonchev–Trinajstić information content (AvgIpc) is 2.91. The van der Waals surface area contributed by atoms with Crippen LogP contribution in [0.25, 0.3) is 10.2 Å². The Hall–Kier alpha value is -2.30. The lowest BCUT2D eigenvalue weighted by Crippen LogP contribution is -2.23. The van der Waals surface area contributed by atoms with E-state index in [2.05, 4.69) is 4.40 Å². The van der Waals surface area contributed by atoms with Gasteiger partial charge in [-0.2, -0.15) is 8.42 Å². The van der Waals surface area contributed by atoms with E-state index in [1.807, 2.05) is 0 Å². The van der Waals surface area contributed by atoms with E-state index in [1.54, 1.807) is 6.92 Å². The monoisotopic (exact) mass is 446 g/mol. The summed E-state index contributed by atoms with van der Waals surface area (Å²) in [6.45, 7) is 1.21. The summed E-state index contributed by atoms with van der Waals surface area (Å²) in [5, 5.41) is 0.343. The third-order valence-electron chi connectivity index (χ3n) is 3.60. The first-order chi connectivity index (χ1) is 13.2. The number of fused-ring (bicyclic) bond motifs is 1. The van der Waals surface area contributed by atoms with Crippen LogP contribution in [-0.4, -0.2) is 25.6 Å². The Morgan fingerprint density at radius 2 is 1.93 bits per heavy atom. The number of rotatable bonds is 5. The summed E-state index contributed by atoms with van der Waals surface area (Å²) < 4.78 is 62.9. The van der Waals surface area contributed by atoms with Crippen molar-refractivity contribution in [3.05, 3.63) is 57.9 Å². The van der Waals surface area contributed by atoms with E-state index in [4.69, 9.17) is 16.3 Å². The van der Waals surface area contributed by atoms with Gasteiger partial charge < -0.3 is 9.30 Å². The van der Waals surface area contributed by atoms with E-state index < -0.39 is 34.2 Å². The Bertz CT molecular complexity index is 1220. The lowest BCUT2D eigenvalue weighted by molar-refractivity contribution is -0.143. The van der Waals surface area contributed by atoms with Crippen LogP contribution in [0.5, 0.6) is 0 Å². The lowest BCUT2D eigenvalue weighted by Gasteiger charge is -2.06. The first-order valence-corrected chi connectivity index (χ1v) is 10.6. The molecule has 0 saturated heterocycles. The highest BCUT2D eigenvalue weighted by Crippen LogP contribution is 2.23. The van der Waals surface area contributed by atoms with Crippen LogP contribution in [0.15, 0.2) is 45.7 Å². The standard InChI is InChI=1S/C17H13ClF2N2O4S2/c1-2-26-15(23)9-22-16-13(20)7-11(19)8-14(16)27-17(22)21-28(24,25)12-5-3-10(18)4-6-12/h3-8H,2,9H2,1H3/b21-17-. The average molecular weight is 447 g/mol. The molecule has 0 unspecified atom stereocenters. The van der Waals surface area contributed by atoms with Gasteiger partial charge in [0.25, 0.3) is 10.0 Å². The van der Waals surface area contributed by atoms with Gasteiger partial charge in [0.1, 0.15) is 12.4 Å². The number of aromatic nitrogens is 1. The summed E-state index contributed by atoms with van der Waals surface area (Å²) in [7, 11) is -4.18. The Balaban J connectivity index is 2.24. The molecule has 0 aliphatic heterocycles. The Morgan fingerprint density at radius 3 is 2.57 bits per heavy atom. The molecular weight excluding hydrogens is 434 g/mol. The van der Waals surface area contributed by atoms with Gasteiger partial charge in [0, 0.05) is 11.1 Å². The van der Waals surface area contributed by atoms with Crippen LogP contribution < -0.4 is 4.80 Å². The normalized spacial score (nSPS) is 12.5. The van der Waals surface area contributed by atoms with Gasteiger partial charge in [0.2, 0.25) is 4.80 Å². The number of carbonyl (C=O) groups excluding carboxylic acids is 1. The fourth-order valence-corrected chi connectivity index (χ4v) is 4.84. The third-order valence-corrected chi connectivity index (χ3v) is 6.27. The molecule has 3 aromatic rings. The van der Waals surface area contributed by atoms with Crippen LogP contribution in [-0.2, 0) is 26.1 Å². The van der Waals surface area contributed by atoms with Crippen LogP contribution in [0.4, 0.5) is 8.78 Å². The number of carbonyl (C=O) groups is 1. The number of thiazole rings is 1. The van der Waals surface area contributed by atoms with Crippen molar-refractivity contribution >= 4 is 49.1 Å². The fraction of sp³-hybridized carbons (Fsp3) is 0.176. The van der Waals surface area contributed by atoms with Crippen LogP contribution in [0.2, 0.25) is 5.02 Å². The summed E-state index contributed by atoms with van der Waals surface area (Å²) in [6.07, 6.45) is 0. The van der Waals surface area contributed by atoms with Crippen molar-refractivity contribution < 1.29 is 26.7 Å². The third kappa shape index (κ3) is 4.23. The predicted octanol–water partition coefficient (Wildman–Crippen LogP) is 3.49. The molecule has 0 saturated carbocycles. The number of nitrogens with zero attached hydrogens (tertiary/aromatic N) is 2. The van der Waals surface area contributed by atoms with Crippen molar-refractivity contribution in [2.24, 2.45) is 4.40 Å². The molecule has 11 heteroatoms. The molecule has 1 aromatic heterocycles. The van der Waals surface area contributed by atoms with Crippen LogP contribution >= 0.6 is 22.9 Å². The molecule has 0 fully saturated rings. The molecule has 0 amide bonds. The largest absolute Gasteiger partial charge is 0.465 e. The van der Waals surface area contributed by atoms with Gasteiger partial charge in [-0.1, -0.05) is 22.9 Å². The Labute approximate surface area is 167 Å². The molecule has 1 heterocycles. The number of ether oxygens (including phenoxy) is 1. The van der Waals surface area contributed by atoms with E-state index in [1.165, 1.54) is 24.3 Å². The molecule has 2 aromatic carbocycles. The van der Waals surface area contributed by atoms with Gasteiger partial charge in [-0.3, -0.25) is 4.79 Å². The van der Waals surface area contributed by atoms with E-state index in [9.17, 15) is 22.0 Å². The maximum Gasteiger partial charge on any atom is 0.326 e. The topological polar surface area (TPSA) is 77.7 Å². The van der Waals surface area contributed by atoms with Crippen molar-refractivity contribution in [3.63, 3.8) is 0 Å². The first-order valence-electron chi connectivity index (χ1n) is 7.92. The molecule has 3 rings (SSSR count). The summed E-state index contributed by atoms with van der Waals surface area (Å²) in [4.78, 5) is 11.6. The van der Waals surface area contributed by atoms with Gasteiger partial charge in [0.05, 0.1) is 21.7 Å². The number of esters is 1. The highest BCUT2D eigenvalue weighted by molar-refractivity contribution is 7.90. The molecule has 0 radical (unpaired) electrons. The van der Waals surface area contributed by atoms with Crippen molar-refractivity contribution in [1.82, 2.24) is 4.57 Å². The molecule has 0 aliphatic rings. The number of halogens is 3. The minimum atomic E-state index is -4.18. The number of hydrogen-bond donors (Lipinski definition) is 0. The minimum absolute atomic E-state index is 0.0914. The highest BCUT2D eigenvalue weighted by Gasteiger charge is 2.19. The Morgan fingerprint density at radius 1 is 1.25 bits per heavy atom. The lowest BCUT2D eigenvalue weighted by atomic mass is 10.3. The summed E-state index contributed by atoms with van der Waals surface area (Å²) in [6, 6.07) is 6.99. The molecule has 148 valence electrons. The zero-order valence-corrected chi connectivity index (χ0v) is 16.7. The second-order valence-electron chi connectivity index (χ2n) is 5.53. The minimum Gasteiger partial charge on any atom is -0.465 e. The number of sulfonamides is 1. The zero-order chi connectivity index (χ0) is 20.5. The van der Waals surface area contributed by atoms with Crippen molar-refractivity contribution in [3.8, 4) is 0 Å². The molecule has 0 bridgehead atoms. The van der Waals surface area contributed by atoms with Crippen molar-refractivity contribution in [2.75, 3.05) is 6.61 Å². The molecule has 0 N–H and O–H groups in total. The summed E-state index contributed by atoms with van der Waals surface area (Å²) in [5.41, 5.74) is -0.135. The summed E-state index contributed by atoms with van der Waals surface area (Å²) in [5.74, 6) is -2.49. The smallest absolute Gasteiger partial charge is 0.326 e. The highest BCUT2D eigenvalue weighted by atomic mass is 35.5. The zero-order valence-electron chi connectivity index (χ0n) is 14.4. The van der Waals surface area contributed by atoms with Gasteiger partial charge in [0.15, 0.2) is 5.82 Å². The summed E-state index contributed by atoms with van der Waals surface area (Å²) >= 11 is 6.50. The van der Waals surface area contributed by atoms with Crippen LogP contribution in [0.1, 0.15) is 6.92 Å². The van der Waals surface area contributed by atoms with Gasteiger partial charge in [-0.15, -0.1) is 4.40 Å². The molecule has 0 spiro atoms. The van der Waals surface area contributed by atoms with E-state index in [0.29, 0.717) is 11.1 Å². The molecule has 6 nitrogen and oxygen atoms in total. The molecule has 0 aliphatic carbocycles. The van der Waals surface area contributed by atoms with Crippen LogP contribution in [0.3, 0.4) is 0 Å². The van der Waals surface area contributed by atoms with E-state index >= 15 is 0 Å². The molecule has 0 atom stereocenters. The van der Waals surface area contributed by atoms with E-state index in [0.717, 1.165) is 22.0 Å². The number of hydrogen-bond acceptors (Lipinski definition) is 5. The number of benzene rings is 2. The second kappa shape index (κ2) is 7.98. The van der Waals surface area contributed by atoms with Crippen molar-refractivity contribution in [2.45, 2.75) is 18.4 Å².